The first-order valence-electron chi connectivity index (χ1n) is 7.04. The minimum Gasteiger partial charge on any atom is -0.323 e. The van der Waals surface area contributed by atoms with Gasteiger partial charge in [-0.2, -0.15) is 0 Å². The van der Waals surface area contributed by atoms with E-state index in [9.17, 15) is 9.59 Å². The lowest BCUT2D eigenvalue weighted by Gasteiger charge is -2.51. The van der Waals surface area contributed by atoms with E-state index < -0.39 is 5.54 Å². The minimum absolute atomic E-state index is 0.111. The Morgan fingerprint density at radius 3 is 2.44 bits per heavy atom. The molecule has 3 rings (SSSR count). The van der Waals surface area contributed by atoms with Crippen LogP contribution in [0.25, 0.3) is 0 Å². The Kier molecular flexibility index (Phi) is 2.81. The monoisotopic (exact) mass is 251 g/mol. The van der Waals surface area contributed by atoms with Crippen molar-refractivity contribution in [3.8, 4) is 0 Å². The summed E-state index contributed by atoms with van der Waals surface area (Å²) in [6.45, 7) is 3.31. The normalized spacial score (nSPS) is 39.8. The van der Waals surface area contributed by atoms with Gasteiger partial charge in [0.25, 0.3) is 5.91 Å². The molecule has 0 aromatic heterocycles. The molecule has 2 bridgehead atoms. The van der Waals surface area contributed by atoms with Crippen LogP contribution in [0.15, 0.2) is 0 Å². The van der Waals surface area contributed by atoms with E-state index in [4.69, 9.17) is 0 Å². The summed E-state index contributed by atoms with van der Waals surface area (Å²) in [6.07, 6.45) is 6.27. The number of hydrogen-bond donors (Lipinski definition) is 2. The highest BCUT2D eigenvalue weighted by molar-refractivity contribution is 6.07. The second-order valence-corrected chi connectivity index (χ2v) is 5.87. The highest BCUT2D eigenvalue weighted by atomic mass is 16.2. The smallest absolute Gasteiger partial charge is 0.322 e. The van der Waals surface area contributed by atoms with Crippen molar-refractivity contribution in [3.05, 3.63) is 0 Å². The molecule has 2 atom stereocenters. The van der Waals surface area contributed by atoms with Crippen molar-refractivity contribution in [1.29, 1.82) is 0 Å². The molecule has 3 aliphatic heterocycles. The van der Waals surface area contributed by atoms with Gasteiger partial charge in [0.05, 0.1) is 0 Å². The molecule has 3 fully saturated rings. The summed E-state index contributed by atoms with van der Waals surface area (Å²) >= 11 is 0. The lowest BCUT2D eigenvalue weighted by atomic mass is 9.73. The minimum atomic E-state index is -0.614. The summed E-state index contributed by atoms with van der Waals surface area (Å²) in [5.41, 5.74) is -0.614. The first-order chi connectivity index (χ1) is 8.64. The summed E-state index contributed by atoms with van der Waals surface area (Å²) in [5, 5.41) is 5.29. The molecule has 1 spiro atoms. The number of nitrogens with one attached hydrogen (secondary N) is 2. The third kappa shape index (κ3) is 1.72. The molecule has 5 heteroatoms. The van der Waals surface area contributed by atoms with Crippen LogP contribution in [0.3, 0.4) is 0 Å². The van der Waals surface area contributed by atoms with Gasteiger partial charge < -0.3 is 5.32 Å². The molecular formula is C13H21N3O2. The van der Waals surface area contributed by atoms with E-state index >= 15 is 0 Å². The Morgan fingerprint density at radius 2 is 1.94 bits per heavy atom. The van der Waals surface area contributed by atoms with E-state index in [1.165, 1.54) is 6.42 Å². The average Bonchev–Trinajstić information content (AvgIpc) is 2.55. The second-order valence-electron chi connectivity index (χ2n) is 5.87. The van der Waals surface area contributed by atoms with Gasteiger partial charge in [0.2, 0.25) is 0 Å². The number of nitrogens with zero attached hydrogens (tertiary/aromatic N) is 1. The molecule has 5 nitrogen and oxygen atoms in total. The fourth-order valence-corrected chi connectivity index (χ4v) is 3.98. The van der Waals surface area contributed by atoms with Crippen molar-refractivity contribution in [2.24, 2.45) is 0 Å². The first-order valence-corrected chi connectivity index (χ1v) is 7.04. The molecule has 0 radical (unpaired) electrons. The molecule has 3 aliphatic rings. The van der Waals surface area contributed by atoms with Crippen molar-refractivity contribution in [3.63, 3.8) is 0 Å². The lowest BCUT2D eigenvalue weighted by molar-refractivity contribution is -0.129. The maximum absolute atomic E-state index is 12.0. The van der Waals surface area contributed by atoms with Gasteiger partial charge in [-0.05, 0) is 38.6 Å². The van der Waals surface area contributed by atoms with E-state index in [0.717, 1.165) is 38.6 Å². The number of imide groups is 1. The summed E-state index contributed by atoms with van der Waals surface area (Å²) < 4.78 is 0. The third-order valence-electron chi connectivity index (χ3n) is 4.68. The zero-order valence-electron chi connectivity index (χ0n) is 10.9. The number of amides is 3. The van der Waals surface area contributed by atoms with E-state index in [1.807, 2.05) is 0 Å². The number of rotatable bonds is 2. The van der Waals surface area contributed by atoms with Crippen LogP contribution in [0.1, 0.15) is 45.4 Å². The zero-order chi connectivity index (χ0) is 12.8. The Labute approximate surface area is 107 Å². The number of carbonyl (C=O) groups is 2. The molecule has 2 N–H and O–H groups in total. The van der Waals surface area contributed by atoms with Crippen LogP contribution < -0.4 is 10.6 Å². The van der Waals surface area contributed by atoms with Gasteiger partial charge in [0.1, 0.15) is 5.54 Å². The highest BCUT2D eigenvalue weighted by Gasteiger charge is 2.54. The van der Waals surface area contributed by atoms with Crippen LogP contribution in [0.4, 0.5) is 4.79 Å². The SMILES string of the molecule is CCCN1C2CCCC1CC1(C2)NC(=O)NC1=O. The van der Waals surface area contributed by atoms with Crippen LogP contribution in [-0.4, -0.2) is 41.0 Å². The largest absolute Gasteiger partial charge is 0.323 e. The topological polar surface area (TPSA) is 61.4 Å². The molecule has 0 aromatic rings. The Bertz CT molecular complexity index is 368. The summed E-state index contributed by atoms with van der Waals surface area (Å²) in [4.78, 5) is 26.0. The molecule has 3 saturated heterocycles. The van der Waals surface area contributed by atoms with Crippen LogP contribution >= 0.6 is 0 Å². The Balaban J connectivity index is 1.83. The third-order valence-corrected chi connectivity index (χ3v) is 4.68. The lowest BCUT2D eigenvalue weighted by Crippen LogP contribution is -2.63. The summed E-state index contributed by atoms with van der Waals surface area (Å²) in [6, 6.07) is 0.602. The van der Waals surface area contributed by atoms with E-state index in [-0.39, 0.29) is 11.9 Å². The number of urea groups is 1. The molecule has 0 aromatic carbocycles. The zero-order valence-corrected chi connectivity index (χ0v) is 10.9. The fraction of sp³-hybridized carbons (Fsp3) is 0.846. The highest BCUT2D eigenvalue weighted by Crippen LogP contribution is 2.40. The van der Waals surface area contributed by atoms with Crippen molar-refractivity contribution < 1.29 is 9.59 Å². The maximum Gasteiger partial charge on any atom is 0.322 e. The standard InChI is InChI=1S/C13H21N3O2/c1-2-6-16-9-4-3-5-10(16)8-13(7-9)11(17)14-12(18)15-13/h9-10H,2-8H2,1H3,(H2,14,15,17,18). The predicted octanol–water partition coefficient (Wildman–Crippen LogP) is 0.992. The molecule has 2 unspecified atom stereocenters. The van der Waals surface area contributed by atoms with Gasteiger partial charge in [0, 0.05) is 12.1 Å². The summed E-state index contributed by atoms with van der Waals surface area (Å²) in [5.74, 6) is -0.111. The van der Waals surface area contributed by atoms with Gasteiger partial charge in [-0.15, -0.1) is 0 Å². The molecule has 0 saturated carbocycles. The number of carbonyl (C=O) groups excluding carboxylic acids is 2. The average molecular weight is 251 g/mol. The van der Waals surface area contributed by atoms with Crippen molar-refractivity contribution in [2.75, 3.05) is 6.54 Å². The van der Waals surface area contributed by atoms with Crippen molar-refractivity contribution in [1.82, 2.24) is 15.5 Å². The molecule has 18 heavy (non-hydrogen) atoms. The van der Waals surface area contributed by atoms with E-state index in [2.05, 4.69) is 22.5 Å². The predicted molar refractivity (Wildman–Crippen MR) is 67.1 cm³/mol. The first kappa shape index (κ1) is 12.0. The van der Waals surface area contributed by atoms with Gasteiger partial charge in [0.15, 0.2) is 0 Å². The Morgan fingerprint density at radius 1 is 1.28 bits per heavy atom. The number of piperidine rings is 2. The summed E-state index contributed by atoms with van der Waals surface area (Å²) in [7, 11) is 0. The fourth-order valence-electron chi connectivity index (χ4n) is 3.98. The van der Waals surface area contributed by atoms with E-state index in [0.29, 0.717) is 12.1 Å². The quantitative estimate of drug-likeness (QED) is 0.720. The number of fused-ring (bicyclic) bond motifs is 2. The van der Waals surface area contributed by atoms with Gasteiger partial charge in [-0.3, -0.25) is 15.0 Å². The van der Waals surface area contributed by atoms with Crippen molar-refractivity contribution >= 4 is 11.9 Å². The van der Waals surface area contributed by atoms with Crippen LogP contribution in [0.5, 0.6) is 0 Å². The van der Waals surface area contributed by atoms with Gasteiger partial charge >= 0.3 is 6.03 Å². The van der Waals surface area contributed by atoms with E-state index in [1.54, 1.807) is 0 Å². The second kappa shape index (κ2) is 4.23. The van der Waals surface area contributed by atoms with Crippen LogP contribution in [0, 0.1) is 0 Å². The molecular weight excluding hydrogens is 230 g/mol. The molecule has 0 aliphatic carbocycles. The number of hydrogen-bond acceptors (Lipinski definition) is 3. The van der Waals surface area contributed by atoms with Crippen LogP contribution in [0.2, 0.25) is 0 Å². The molecule has 3 heterocycles. The van der Waals surface area contributed by atoms with Crippen molar-refractivity contribution in [2.45, 2.75) is 63.1 Å². The molecule has 100 valence electrons. The van der Waals surface area contributed by atoms with Gasteiger partial charge in [-0.1, -0.05) is 13.3 Å². The molecule has 3 amide bonds. The van der Waals surface area contributed by atoms with Crippen LogP contribution in [-0.2, 0) is 4.79 Å². The Hall–Kier alpha value is -1.10. The van der Waals surface area contributed by atoms with Gasteiger partial charge in [-0.25, -0.2) is 4.79 Å². The maximum atomic E-state index is 12.0.